The molecular weight excluding hydrogens is 184 g/mol. The molecule has 0 saturated carbocycles. The summed E-state index contributed by atoms with van der Waals surface area (Å²) in [6.07, 6.45) is 2.94. The van der Waals surface area contributed by atoms with Gasteiger partial charge in [0.05, 0.1) is 12.4 Å². The van der Waals surface area contributed by atoms with Gasteiger partial charge in [-0.25, -0.2) is 4.98 Å². The highest BCUT2D eigenvalue weighted by Crippen LogP contribution is 2.01. The molecular formula is C5H2BrN3. The van der Waals surface area contributed by atoms with Gasteiger partial charge in [0.25, 0.3) is 0 Å². The first-order valence-electron chi connectivity index (χ1n) is 2.20. The Hall–Kier alpha value is -0.950. The van der Waals surface area contributed by atoms with Crippen LogP contribution in [0.15, 0.2) is 17.0 Å². The molecule has 0 aliphatic heterocycles. The molecule has 44 valence electrons. The molecule has 3 nitrogen and oxygen atoms in total. The first-order valence-corrected chi connectivity index (χ1v) is 3.00. The van der Waals surface area contributed by atoms with Crippen LogP contribution in [-0.4, -0.2) is 9.97 Å². The molecule has 0 fully saturated rings. The van der Waals surface area contributed by atoms with E-state index >= 15 is 0 Å². The topological polar surface area (TPSA) is 49.6 Å². The van der Waals surface area contributed by atoms with Gasteiger partial charge in [0.2, 0.25) is 0 Å². The molecule has 4 heteroatoms. The van der Waals surface area contributed by atoms with Crippen LogP contribution in [0.2, 0.25) is 0 Å². The van der Waals surface area contributed by atoms with Crippen LogP contribution in [0.3, 0.4) is 0 Å². The summed E-state index contributed by atoms with van der Waals surface area (Å²) in [5.74, 6) is 0. The van der Waals surface area contributed by atoms with E-state index < -0.39 is 0 Å². The largest absolute Gasteiger partial charge is 0.259 e. The average molecular weight is 186 g/mol. The SMILES string of the molecule is [15N]#[13C]c1cncc(Br)n1. The van der Waals surface area contributed by atoms with Crippen molar-refractivity contribution < 1.29 is 0 Å². The summed E-state index contributed by atoms with van der Waals surface area (Å²) in [6, 6.07) is 1.86. The Balaban J connectivity index is 3.12. The lowest BCUT2D eigenvalue weighted by Crippen LogP contribution is -1.83. The molecule has 0 aliphatic rings. The maximum atomic E-state index is 8.29. The zero-order valence-corrected chi connectivity index (χ0v) is 5.96. The number of aromatic nitrogens is 2. The fraction of sp³-hybridized carbons (Fsp3) is 0. The highest BCUT2D eigenvalue weighted by molar-refractivity contribution is 9.10. The van der Waals surface area contributed by atoms with Gasteiger partial charge >= 0.3 is 0 Å². The predicted octanol–water partition coefficient (Wildman–Crippen LogP) is 1.11. The number of nitrogens with zero attached hydrogens (tertiary/aromatic N) is 3. The second-order valence-corrected chi connectivity index (χ2v) is 2.15. The monoisotopic (exact) mass is 185 g/mol. The van der Waals surface area contributed by atoms with E-state index in [0.717, 1.165) is 0 Å². The van der Waals surface area contributed by atoms with Crippen molar-refractivity contribution >= 4 is 15.9 Å². The summed E-state index contributed by atoms with van der Waals surface area (Å²) in [5.41, 5.74) is 0.323. The second kappa shape index (κ2) is 2.55. The molecule has 0 amide bonds. The Morgan fingerprint density at radius 3 is 2.78 bits per heavy atom. The number of rotatable bonds is 0. The first kappa shape index (κ1) is 6.17. The third kappa shape index (κ3) is 1.47. The Bertz CT molecular complexity index is 253. The maximum Gasteiger partial charge on any atom is 0.160 e. The highest BCUT2D eigenvalue weighted by Gasteiger charge is 1.90. The zero-order valence-electron chi connectivity index (χ0n) is 4.37. The summed E-state index contributed by atoms with van der Waals surface area (Å²) >= 11 is 3.08. The van der Waals surface area contributed by atoms with Crippen LogP contribution < -0.4 is 0 Å². The van der Waals surface area contributed by atoms with Crippen molar-refractivity contribution in [2.24, 2.45) is 0 Å². The maximum absolute atomic E-state index is 8.29. The lowest BCUT2D eigenvalue weighted by molar-refractivity contribution is 1.13. The lowest BCUT2D eigenvalue weighted by Gasteiger charge is -1.85. The van der Waals surface area contributed by atoms with Gasteiger partial charge in [0.15, 0.2) is 5.69 Å². The van der Waals surface area contributed by atoms with E-state index in [1.807, 2.05) is 6.07 Å². The van der Waals surface area contributed by atoms with Crippen LogP contribution in [0.5, 0.6) is 0 Å². The molecule has 0 saturated heterocycles. The van der Waals surface area contributed by atoms with Gasteiger partial charge in [-0.3, -0.25) is 4.98 Å². The smallest absolute Gasteiger partial charge is 0.160 e. The van der Waals surface area contributed by atoms with Crippen molar-refractivity contribution in [1.82, 2.24) is 9.97 Å². The lowest BCUT2D eigenvalue weighted by atomic mass is 10.6. The van der Waals surface area contributed by atoms with E-state index in [-0.39, 0.29) is 0 Å². The average Bonchev–Trinajstić information content (AvgIpc) is 1.88. The molecule has 0 spiro atoms. The van der Waals surface area contributed by atoms with Crippen molar-refractivity contribution in [3.63, 3.8) is 0 Å². The van der Waals surface area contributed by atoms with E-state index in [0.29, 0.717) is 10.3 Å². The zero-order chi connectivity index (χ0) is 6.69. The minimum atomic E-state index is 0.323. The van der Waals surface area contributed by atoms with Crippen LogP contribution in [-0.2, 0) is 0 Å². The van der Waals surface area contributed by atoms with E-state index in [2.05, 4.69) is 25.9 Å². The van der Waals surface area contributed by atoms with Crippen LogP contribution >= 0.6 is 15.9 Å². The minimum absolute atomic E-state index is 0.323. The molecule has 1 rings (SSSR count). The van der Waals surface area contributed by atoms with E-state index in [9.17, 15) is 0 Å². The van der Waals surface area contributed by atoms with Gasteiger partial charge in [-0.2, -0.15) is 5.26 Å². The molecule has 1 aromatic heterocycles. The van der Waals surface area contributed by atoms with Crippen LogP contribution in [0.25, 0.3) is 0 Å². The van der Waals surface area contributed by atoms with Gasteiger partial charge in [-0.05, 0) is 15.9 Å². The Kier molecular flexibility index (Phi) is 1.75. The summed E-state index contributed by atoms with van der Waals surface area (Å²) in [6.45, 7) is 0. The van der Waals surface area contributed by atoms with E-state index in [1.165, 1.54) is 12.4 Å². The number of nitriles is 1. The second-order valence-electron chi connectivity index (χ2n) is 1.34. The van der Waals surface area contributed by atoms with Gasteiger partial charge in [-0.1, -0.05) is 0 Å². The molecule has 1 heterocycles. The fourth-order valence-corrected chi connectivity index (χ4v) is 0.705. The summed E-state index contributed by atoms with van der Waals surface area (Å²) in [7, 11) is 0. The van der Waals surface area contributed by atoms with Crippen molar-refractivity contribution in [2.75, 3.05) is 0 Å². The van der Waals surface area contributed by atoms with Gasteiger partial charge in [0, 0.05) is 0 Å². The third-order valence-corrected chi connectivity index (χ3v) is 1.10. The Morgan fingerprint density at radius 2 is 2.33 bits per heavy atom. The summed E-state index contributed by atoms with van der Waals surface area (Å²) < 4.78 is 0.585. The Morgan fingerprint density at radius 1 is 1.56 bits per heavy atom. The van der Waals surface area contributed by atoms with Crippen LogP contribution in [0.4, 0.5) is 0 Å². The van der Waals surface area contributed by atoms with Crippen LogP contribution in [0.1, 0.15) is 5.69 Å². The number of hydrogen-bond donors (Lipinski definition) is 0. The molecule has 0 atom stereocenters. The molecule has 0 aromatic carbocycles. The molecule has 0 radical (unpaired) electrons. The summed E-state index contributed by atoms with van der Waals surface area (Å²) in [5, 5.41) is 8.29. The standard InChI is InChI=1S/C5H2BrN3/c6-5-3-8-2-4(1-7)9-5/h2-3H/i1+1,7+1. The fourth-order valence-electron chi connectivity index (χ4n) is 0.396. The normalized spacial score (nSPS) is 8.44. The molecule has 0 bridgehead atoms. The first-order chi connectivity index (χ1) is 4.33. The predicted molar refractivity (Wildman–Crippen MR) is 34.4 cm³/mol. The third-order valence-electron chi connectivity index (χ3n) is 0.720. The van der Waals surface area contributed by atoms with Crippen LogP contribution in [0, 0.1) is 11.3 Å². The van der Waals surface area contributed by atoms with Gasteiger partial charge in [-0.15, -0.1) is 0 Å². The highest BCUT2D eigenvalue weighted by atomic mass is 79.9. The van der Waals surface area contributed by atoms with Gasteiger partial charge in [0.1, 0.15) is 10.7 Å². The van der Waals surface area contributed by atoms with E-state index in [1.54, 1.807) is 0 Å². The molecule has 9 heavy (non-hydrogen) atoms. The van der Waals surface area contributed by atoms with Gasteiger partial charge < -0.3 is 0 Å². The molecule has 0 aliphatic carbocycles. The van der Waals surface area contributed by atoms with Crippen molar-refractivity contribution in [1.29, 1.82) is 5.26 Å². The van der Waals surface area contributed by atoms with E-state index in [4.69, 9.17) is 5.26 Å². The quantitative estimate of drug-likeness (QED) is 0.450. The molecule has 1 aromatic rings. The van der Waals surface area contributed by atoms with Crippen molar-refractivity contribution in [2.45, 2.75) is 0 Å². The Labute approximate surface area is 60.5 Å². The molecule has 0 N–H and O–H groups in total. The summed E-state index contributed by atoms with van der Waals surface area (Å²) in [4.78, 5) is 7.51. The number of hydrogen-bond acceptors (Lipinski definition) is 3. The van der Waals surface area contributed by atoms with Crippen molar-refractivity contribution in [3.05, 3.63) is 22.7 Å². The minimum Gasteiger partial charge on any atom is -0.259 e. The van der Waals surface area contributed by atoms with Crippen molar-refractivity contribution in [3.8, 4) is 6.07 Å². The number of halogens is 1. The molecule has 0 unspecified atom stereocenters.